The highest BCUT2D eigenvalue weighted by atomic mass is 16.5. The molecule has 1 atom stereocenters. The second-order valence-electron chi connectivity index (χ2n) is 6.19. The molecule has 0 saturated carbocycles. The molecule has 0 aliphatic heterocycles. The molecule has 2 N–H and O–H groups in total. The number of aliphatic carboxylic acids is 1. The molecule has 0 saturated heterocycles. The molecule has 2 aromatic carbocycles. The lowest BCUT2D eigenvalue weighted by atomic mass is 9.93. The van der Waals surface area contributed by atoms with Crippen LogP contribution in [-0.2, 0) is 16.1 Å². The van der Waals surface area contributed by atoms with Crippen molar-refractivity contribution >= 4 is 11.9 Å². The quantitative estimate of drug-likeness (QED) is 0.669. The van der Waals surface area contributed by atoms with Crippen molar-refractivity contribution in [2.75, 3.05) is 13.7 Å². The summed E-state index contributed by atoms with van der Waals surface area (Å²) in [6.45, 7) is 2.03. The number of carboxylic acid groups (broad SMARTS) is 1. The minimum Gasteiger partial charge on any atom is -0.497 e. The van der Waals surface area contributed by atoms with Gasteiger partial charge in [0.25, 0.3) is 0 Å². The van der Waals surface area contributed by atoms with Crippen LogP contribution in [0.2, 0.25) is 0 Å². The van der Waals surface area contributed by atoms with Gasteiger partial charge in [-0.15, -0.1) is 0 Å². The van der Waals surface area contributed by atoms with E-state index in [1.165, 1.54) is 0 Å². The van der Waals surface area contributed by atoms with Gasteiger partial charge in [-0.2, -0.15) is 0 Å². The summed E-state index contributed by atoms with van der Waals surface area (Å²) in [6, 6.07) is 14.8. The summed E-state index contributed by atoms with van der Waals surface area (Å²) >= 11 is 0. The number of amides is 1. The number of hydrogen-bond acceptors (Lipinski definition) is 4. The van der Waals surface area contributed by atoms with Gasteiger partial charge < -0.3 is 19.9 Å². The molecular weight excluding hydrogens is 346 g/mol. The molecule has 0 heterocycles. The fourth-order valence-electron chi connectivity index (χ4n) is 2.76. The molecule has 1 amide bonds. The largest absolute Gasteiger partial charge is 0.497 e. The number of carbonyl (C=O) groups excluding carboxylic acids is 1. The van der Waals surface area contributed by atoms with Crippen LogP contribution < -0.4 is 14.8 Å². The molecule has 0 aliphatic rings. The molecule has 2 rings (SSSR count). The fourth-order valence-corrected chi connectivity index (χ4v) is 2.76. The van der Waals surface area contributed by atoms with Gasteiger partial charge in [0.05, 0.1) is 7.11 Å². The predicted molar refractivity (Wildman–Crippen MR) is 102 cm³/mol. The molecule has 0 spiro atoms. The summed E-state index contributed by atoms with van der Waals surface area (Å²) in [5.41, 5.74) is 1.96. The number of carboxylic acids is 1. The Bertz CT molecular complexity index is 757. The Balaban J connectivity index is 1.88. The van der Waals surface area contributed by atoms with E-state index < -0.39 is 12.6 Å². The molecule has 0 bridgehead atoms. The third-order valence-electron chi connectivity index (χ3n) is 4.26. The van der Waals surface area contributed by atoms with Gasteiger partial charge in [0.15, 0.2) is 6.61 Å². The van der Waals surface area contributed by atoms with Crippen LogP contribution in [0.5, 0.6) is 11.5 Å². The van der Waals surface area contributed by atoms with Crippen LogP contribution in [0.4, 0.5) is 0 Å². The summed E-state index contributed by atoms with van der Waals surface area (Å²) < 4.78 is 10.3. The summed E-state index contributed by atoms with van der Waals surface area (Å²) in [5.74, 6) is 0.338. The summed E-state index contributed by atoms with van der Waals surface area (Å²) in [6.07, 6.45) is 1.26. The van der Waals surface area contributed by atoms with E-state index in [4.69, 9.17) is 14.6 Å². The Morgan fingerprint density at radius 1 is 1.11 bits per heavy atom. The molecule has 1 unspecified atom stereocenters. The van der Waals surface area contributed by atoms with Crippen molar-refractivity contribution in [3.8, 4) is 11.5 Å². The normalized spacial score (nSPS) is 11.5. The average molecular weight is 371 g/mol. The summed E-state index contributed by atoms with van der Waals surface area (Å²) in [5, 5.41) is 11.6. The van der Waals surface area contributed by atoms with Crippen LogP contribution >= 0.6 is 0 Å². The zero-order valence-electron chi connectivity index (χ0n) is 15.6. The highest BCUT2D eigenvalue weighted by Gasteiger charge is 2.14. The minimum absolute atomic E-state index is 0.0328. The van der Waals surface area contributed by atoms with Crippen molar-refractivity contribution in [1.29, 1.82) is 0 Å². The Hall–Kier alpha value is -3.02. The third-order valence-corrected chi connectivity index (χ3v) is 4.26. The molecule has 0 aliphatic carbocycles. The predicted octanol–water partition coefficient (Wildman–Crippen LogP) is 3.36. The number of rotatable bonds is 10. The zero-order valence-corrected chi connectivity index (χ0v) is 15.6. The van der Waals surface area contributed by atoms with E-state index in [1.807, 2.05) is 30.3 Å². The van der Waals surface area contributed by atoms with Crippen LogP contribution in [0, 0.1) is 0 Å². The van der Waals surface area contributed by atoms with Gasteiger partial charge in [0, 0.05) is 13.0 Å². The first-order valence-electron chi connectivity index (χ1n) is 8.86. The molecule has 6 nitrogen and oxygen atoms in total. The van der Waals surface area contributed by atoms with Gasteiger partial charge in [-0.3, -0.25) is 4.79 Å². The van der Waals surface area contributed by atoms with Crippen molar-refractivity contribution in [3.63, 3.8) is 0 Å². The topological polar surface area (TPSA) is 84.9 Å². The van der Waals surface area contributed by atoms with Crippen LogP contribution in [0.3, 0.4) is 0 Å². The molecule has 144 valence electrons. The molecule has 0 radical (unpaired) electrons. The van der Waals surface area contributed by atoms with Crippen LogP contribution in [0.25, 0.3) is 0 Å². The average Bonchev–Trinajstić information content (AvgIpc) is 2.69. The first-order valence-corrected chi connectivity index (χ1v) is 8.86. The van der Waals surface area contributed by atoms with E-state index in [-0.39, 0.29) is 11.8 Å². The number of benzene rings is 2. The van der Waals surface area contributed by atoms with Crippen LogP contribution in [0.15, 0.2) is 48.5 Å². The van der Waals surface area contributed by atoms with Gasteiger partial charge in [0.2, 0.25) is 5.91 Å². The monoisotopic (exact) mass is 371 g/mol. The van der Waals surface area contributed by atoms with Gasteiger partial charge in [0.1, 0.15) is 11.5 Å². The van der Waals surface area contributed by atoms with Gasteiger partial charge in [-0.25, -0.2) is 4.79 Å². The van der Waals surface area contributed by atoms with Crippen molar-refractivity contribution in [3.05, 3.63) is 59.7 Å². The van der Waals surface area contributed by atoms with E-state index in [9.17, 15) is 9.59 Å². The number of hydrogen-bond donors (Lipinski definition) is 2. The Morgan fingerprint density at radius 3 is 2.48 bits per heavy atom. The van der Waals surface area contributed by atoms with Gasteiger partial charge in [-0.1, -0.05) is 31.2 Å². The molecule has 27 heavy (non-hydrogen) atoms. The smallest absolute Gasteiger partial charge is 0.341 e. The standard InChI is InChI=1S/C21H25NO5/c1-3-16(17-7-9-18(26-2)10-8-17)12-20(23)22-13-15-5-4-6-19(11-15)27-14-21(24)25/h4-11,16H,3,12-14H2,1-2H3,(H,22,23)(H,24,25). The number of methoxy groups -OCH3 is 1. The highest BCUT2D eigenvalue weighted by molar-refractivity contribution is 5.76. The maximum absolute atomic E-state index is 12.3. The maximum Gasteiger partial charge on any atom is 0.341 e. The Morgan fingerprint density at radius 2 is 1.85 bits per heavy atom. The first-order chi connectivity index (χ1) is 13.0. The van der Waals surface area contributed by atoms with E-state index in [1.54, 1.807) is 25.3 Å². The summed E-state index contributed by atoms with van der Waals surface area (Å²) in [7, 11) is 1.63. The second-order valence-corrected chi connectivity index (χ2v) is 6.19. The second kappa shape index (κ2) is 10.2. The Labute approximate surface area is 159 Å². The number of nitrogens with one attached hydrogen (secondary N) is 1. The van der Waals surface area contributed by atoms with Crippen LogP contribution in [-0.4, -0.2) is 30.7 Å². The Kier molecular flexibility index (Phi) is 7.67. The lowest BCUT2D eigenvalue weighted by Gasteiger charge is -2.16. The molecular formula is C21H25NO5. The molecule has 6 heteroatoms. The van der Waals surface area contributed by atoms with Crippen molar-refractivity contribution in [2.45, 2.75) is 32.2 Å². The van der Waals surface area contributed by atoms with Gasteiger partial charge >= 0.3 is 5.97 Å². The van der Waals surface area contributed by atoms with E-state index in [0.29, 0.717) is 18.7 Å². The fraction of sp³-hybridized carbons (Fsp3) is 0.333. The van der Waals surface area contributed by atoms with Crippen LogP contribution in [0.1, 0.15) is 36.8 Å². The minimum atomic E-state index is -1.03. The number of ether oxygens (including phenoxy) is 2. The van der Waals surface area contributed by atoms with Gasteiger partial charge in [-0.05, 0) is 47.7 Å². The molecule has 0 fully saturated rings. The number of carbonyl (C=O) groups is 2. The zero-order chi connectivity index (χ0) is 19.6. The lowest BCUT2D eigenvalue weighted by Crippen LogP contribution is -2.24. The van der Waals surface area contributed by atoms with E-state index >= 15 is 0 Å². The van der Waals surface area contributed by atoms with E-state index in [0.717, 1.165) is 23.3 Å². The first kappa shape index (κ1) is 20.3. The SMILES string of the molecule is CCC(CC(=O)NCc1cccc(OCC(=O)O)c1)c1ccc(OC)cc1. The van der Waals surface area contributed by atoms with E-state index in [2.05, 4.69) is 12.2 Å². The van der Waals surface area contributed by atoms with Crippen molar-refractivity contribution in [2.24, 2.45) is 0 Å². The third kappa shape index (κ3) is 6.66. The van der Waals surface area contributed by atoms with Crippen molar-refractivity contribution < 1.29 is 24.2 Å². The summed E-state index contributed by atoms with van der Waals surface area (Å²) in [4.78, 5) is 22.9. The lowest BCUT2D eigenvalue weighted by molar-refractivity contribution is -0.139. The molecule has 0 aromatic heterocycles. The van der Waals surface area contributed by atoms with Crippen molar-refractivity contribution in [1.82, 2.24) is 5.32 Å². The molecule has 2 aromatic rings. The maximum atomic E-state index is 12.3. The highest BCUT2D eigenvalue weighted by Crippen LogP contribution is 2.25.